The molecule has 0 aliphatic heterocycles. The number of sulfonamides is 1. The summed E-state index contributed by atoms with van der Waals surface area (Å²) in [5, 5.41) is 0. The summed E-state index contributed by atoms with van der Waals surface area (Å²) in [7, 11) is -2.18. The Labute approximate surface area is 185 Å². The van der Waals surface area contributed by atoms with Crippen LogP contribution in [-0.2, 0) is 14.8 Å². The number of rotatable bonds is 8. The van der Waals surface area contributed by atoms with Crippen molar-refractivity contribution in [2.45, 2.75) is 56.9 Å². The maximum atomic E-state index is 13.6. The van der Waals surface area contributed by atoms with Gasteiger partial charge in [-0.3, -0.25) is 9.10 Å². The van der Waals surface area contributed by atoms with Crippen molar-refractivity contribution in [3.05, 3.63) is 54.1 Å². The molecular formula is C24H32N2O4S. The van der Waals surface area contributed by atoms with Gasteiger partial charge >= 0.3 is 0 Å². The molecular weight excluding hydrogens is 412 g/mol. The monoisotopic (exact) mass is 444 g/mol. The quantitative estimate of drug-likeness (QED) is 0.606. The minimum atomic E-state index is -3.97. The molecule has 6 nitrogen and oxygen atoms in total. The lowest BCUT2D eigenvalue weighted by Gasteiger charge is -2.33. The van der Waals surface area contributed by atoms with Crippen molar-refractivity contribution in [3.8, 4) is 5.75 Å². The zero-order valence-corrected chi connectivity index (χ0v) is 19.4. The Kier molecular flexibility index (Phi) is 7.59. The summed E-state index contributed by atoms with van der Waals surface area (Å²) in [5.74, 6) is 0.225. The van der Waals surface area contributed by atoms with Gasteiger partial charge in [0.25, 0.3) is 10.0 Å². The van der Waals surface area contributed by atoms with E-state index in [9.17, 15) is 13.2 Å². The molecule has 7 heteroatoms. The van der Waals surface area contributed by atoms with E-state index >= 15 is 0 Å². The number of likely N-dealkylation sites (N-methyl/N-ethyl adjacent to an activating group) is 1. The first-order valence-electron chi connectivity index (χ1n) is 10.9. The summed E-state index contributed by atoms with van der Waals surface area (Å²) < 4.78 is 34.1. The highest BCUT2D eigenvalue weighted by Gasteiger charge is 2.32. The first-order valence-corrected chi connectivity index (χ1v) is 12.4. The van der Waals surface area contributed by atoms with Crippen LogP contribution in [0, 0.1) is 6.92 Å². The first kappa shape index (κ1) is 23.1. The highest BCUT2D eigenvalue weighted by molar-refractivity contribution is 7.92. The molecule has 1 aliphatic carbocycles. The topological polar surface area (TPSA) is 66.9 Å². The summed E-state index contributed by atoms with van der Waals surface area (Å²) in [6, 6.07) is 13.8. The predicted molar refractivity (Wildman–Crippen MR) is 123 cm³/mol. The lowest BCUT2D eigenvalue weighted by atomic mass is 9.94. The van der Waals surface area contributed by atoms with E-state index in [-0.39, 0.29) is 23.4 Å². The van der Waals surface area contributed by atoms with Crippen LogP contribution in [0.2, 0.25) is 0 Å². The number of para-hydroxylation sites is 2. The molecule has 1 saturated carbocycles. The summed E-state index contributed by atoms with van der Waals surface area (Å²) in [5.41, 5.74) is 1.34. The van der Waals surface area contributed by atoms with Crippen LogP contribution < -0.4 is 9.04 Å². The van der Waals surface area contributed by atoms with E-state index in [1.807, 2.05) is 13.8 Å². The predicted octanol–water partition coefficient (Wildman–Crippen LogP) is 4.38. The average Bonchev–Trinajstić information content (AvgIpc) is 2.78. The van der Waals surface area contributed by atoms with Gasteiger partial charge in [0, 0.05) is 13.1 Å². The van der Waals surface area contributed by atoms with Crippen molar-refractivity contribution in [2.75, 3.05) is 24.5 Å². The van der Waals surface area contributed by atoms with Gasteiger partial charge < -0.3 is 9.64 Å². The zero-order valence-electron chi connectivity index (χ0n) is 18.6. The van der Waals surface area contributed by atoms with Gasteiger partial charge in [-0.25, -0.2) is 8.42 Å². The molecule has 2 aromatic rings. The zero-order chi connectivity index (χ0) is 22.4. The second-order valence-corrected chi connectivity index (χ2v) is 9.88. The molecule has 31 heavy (non-hydrogen) atoms. The summed E-state index contributed by atoms with van der Waals surface area (Å²) in [6.45, 7) is 3.87. The van der Waals surface area contributed by atoms with Crippen molar-refractivity contribution in [1.82, 2.24) is 4.90 Å². The summed E-state index contributed by atoms with van der Waals surface area (Å²) >= 11 is 0. The normalized spacial score (nSPS) is 14.8. The van der Waals surface area contributed by atoms with Crippen molar-refractivity contribution in [1.29, 1.82) is 0 Å². The smallest absolute Gasteiger partial charge is 0.264 e. The SMILES string of the molecule is CCOc1ccccc1N(CC(=O)N(C)C1CCCCC1)S(=O)(=O)c1ccc(C)cc1. The van der Waals surface area contributed by atoms with E-state index in [2.05, 4.69) is 0 Å². The Morgan fingerprint density at radius 2 is 1.68 bits per heavy atom. The highest BCUT2D eigenvalue weighted by Crippen LogP contribution is 2.33. The molecule has 0 atom stereocenters. The van der Waals surface area contributed by atoms with Gasteiger partial charge in [-0.05, 0) is 51.0 Å². The Bertz CT molecular complexity index is 983. The Morgan fingerprint density at radius 1 is 1.03 bits per heavy atom. The molecule has 0 N–H and O–H groups in total. The molecule has 1 aliphatic rings. The molecule has 168 valence electrons. The van der Waals surface area contributed by atoms with Crippen molar-refractivity contribution in [2.24, 2.45) is 0 Å². The average molecular weight is 445 g/mol. The molecule has 0 heterocycles. The lowest BCUT2D eigenvalue weighted by Crippen LogP contribution is -2.46. The van der Waals surface area contributed by atoms with Gasteiger partial charge in [0.15, 0.2) is 0 Å². The molecule has 1 amide bonds. The number of benzene rings is 2. The van der Waals surface area contributed by atoms with E-state index in [0.29, 0.717) is 18.0 Å². The van der Waals surface area contributed by atoms with Crippen LogP contribution in [0.15, 0.2) is 53.4 Å². The second-order valence-electron chi connectivity index (χ2n) is 8.02. The van der Waals surface area contributed by atoms with Crippen LogP contribution in [0.25, 0.3) is 0 Å². The number of aryl methyl sites for hydroxylation is 1. The highest BCUT2D eigenvalue weighted by atomic mass is 32.2. The fourth-order valence-electron chi connectivity index (χ4n) is 3.98. The van der Waals surface area contributed by atoms with Gasteiger partial charge in [-0.15, -0.1) is 0 Å². The van der Waals surface area contributed by atoms with Gasteiger partial charge in [-0.2, -0.15) is 0 Å². The first-order chi connectivity index (χ1) is 14.8. The van der Waals surface area contributed by atoms with E-state index in [1.54, 1.807) is 60.5 Å². The van der Waals surface area contributed by atoms with Crippen molar-refractivity contribution >= 4 is 21.6 Å². The Hall–Kier alpha value is -2.54. The number of amides is 1. The number of nitrogens with zero attached hydrogens (tertiary/aromatic N) is 2. The standard InChI is InChI=1S/C24H32N2O4S/c1-4-30-23-13-9-8-12-22(23)26(31(28,29)21-16-14-19(2)15-17-21)18-24(27)25(3)20-10-6-5-7-11-20/h8-9,12-17,20H,4-7,10-11,18H2,1-3H3. The number of ether oxygens (including phenoxy) is 1. The molecule has 3 rings (SSSR count). The number of anilines is 1. The number of hydrogen-bond donors (Lipinski definition) is 0. The second kappa shape index (κ2) is 10.2. The van der Waals surface area contributed by atoms with E-state index in [0.717, 1.165) is 31.2 Å². The Morgan fingerprint density at radius 3 is 2.32 bits per heavy atom. The van der Waals surface area contributed by atoms with E-state index in [4.69, 9.17) is 4.74 Å². The summed E-state index contributed by atoms with van der Waals surface area (Å²) in [4.78, 5) is 15.1. The van der Waals surface area contributed by atoms with E-state index in [1.165, 1.54) is 10.7 Å². The van der Waals surface area contributed by atoms with Gasteiger partial charge in [0.05, 0.1) is 17.2 Å². The lowest BCUT2D eigenvalue weighted by molar-refractivity contribution is -0.130. The van der Waals surface area contributed by atoms with E-state index < -0.39 is 10.0 Å². The molecule has 1 fully saturated rings. The Balaban J connectivity index is 1.98. The van der Waals surface area contributed by atoms with Gasteiger partial charge in [0.2, 0.25) is 5.91 Å². The third-order valence-electron chi connectivity index (χ3n) is 5.84. The number of carbonyl (C=O) groups is 1. The third kappa shape index (κ3) is 5.39. The number of carbonyl (C=O) groups excluding carboxylic acids is 1. The van der Waals surface area contributed by atoms with Crippen molar-refractivity contribution < 1.29 is 17.9 Å². The fraction of sp³-hybridized carbons (Fsp3) is 0.458. The van der Waals surface area contributed by atoms with Crippen LogP contribution in [0.3, 0.4) is 0 Å². The van der Waals surface area contributed by atoms with Crippen LogP contribution in [0.4, 0.5) is 5.69 Å². The maximum absolute atomic E-state index is 13.6. The van der Waals surface area contributed by atoms with Gasteiger partial charge in [-0.1, -0.05) is 49.1 Å². The van der Waals surface area contributed by atoms with Crippen molar-refractivity contribution in [3.63, 3.8) is 0 Å². The van der Waals surface area contributed by atoms with Gasteiger partial charge in [0.1, 0.15) is 12.3 Å². The molecule has 2 aromatic carbocycles. The molecule has 0 bridgehead atoms. The molecule has 0 aromatic heterocycles. The summed E-state index contributed by atoms with van der Waals surface area (Å²) in [6.07, 6.45) is 5.31. The van der Waals surface area contributed by atoms with Crippen LogP contribution >= 0.6 is 0 Å². The third-order valence-corrected chi connectivity index (χ3v) is 7.61. The molecule has 0 spiro atoms. The van der Waals surface area contributed by atoms with Crippen LogP contribution in [0.1, 0.15) is 44.6 Å². The maximum Gasteiger partial charge on any atom is 0.264 e. The molecule has 0 unspecified atom stereocenters. The van der Waals surface area contributed by atoms with Crippen LogP contribution in [0.5, 0.6) is 5.75 Å². The fourth-order valence-corrected chi connectivity index (χ4v) is 5.41. The largest absolute Gasteiger partial charge is 0.492 e. The minimum Gasteiger partial charge on any atom is -0.492 e. The van der Waals surface area contributed by atoms with Crippen LogP contribution in [-0.4, -0.2) is 45.5 Å². The molecule has 0 radical (unpaired) electrons. The minimum absolute atomic E-state index is 0.150. The molecule has 0 saturated heterocycles. The number of hydrogen-bond acceptors (Lipinski definition) is 4.